The average Bonchev–Trinajstić information content (AvgIpc) is 2.62. The van der Waals surface area contributed by atoms with Crippen molar-refractivity contribution in [3.8, 4) is 0 Å². The quantitative estimate of drug-likeness (QED) is 0.416. The Morgan fingerprint density at radius 2 is 1.85 bits per heavy atom. The Balaban J connectivity index is 2.53. The van der Waals surface area contributed by atoms with Gasteiger partial charge in [0.05, 0.1) is 22.8 Å². The molecule has 2 rings (SSSR count). The van der Waals surface area contributed by atoms with Gasteiger partial charge in [-0.15, -0.1) is 0 Å². The van der Waals surface area contributed by atoms with Gasteiger partial charge in [-0.05, 0) is 38.1 Å². The van der Waals surface area contributed by atoms with Gasteiger partial charge in [0, 0.05) is 12.6 Å². The van der Waals surface area contributed by atoms with Crippen LogP contribution in [0.3, 0.4) is 0 Å². The van der Waals surface area contributed by atoms with Crippen molar-refractivity contribution in [3.05, 3.63) is 64.2 Å². The maximum absolute atomic E-state index is 13.0. The predicted molar refractivity (Wildman–Crippen MR) is 95.7 cm³/mol. The molecule has 9 heteroatoms. The number of benzene rings is 2. The number of anilines is 1. The van der Waals surface area contributed by atoms with E-state index in [0.29, 0.717) is 0 Å². The Hall–Kier alpha value is -2.94. The number of nitro benzene ring substituents is 1. The third-order valence-corrected chi connectivity index (χ3v) is 5.51. The largest absolute Gasteiger partial charge is 0.462 e. The average molecular weight is 378 g/mol. The number of hydrogen-bond acceptors (Lipinski definition) is 6. The van der Waals surface area contributed by atoms with E-state index < -0.39 is 31.5 Å². The number of esters is 1. The molecular formula is C17H18N2O6S. The van der Waals surface area contributed by atoms with Gasteiger partial charge in [-0.25, -0.2) is 13.2 Å². The Morgan fingerprint density at radius 3 is 2.46 bits per heavy atom. The Labute approximate surface area is 151 Å². The highest BCUT2D eigenvalue weighted by Gasteiger charge is 2.31. The summed E-state index contributed by atoms with van der Waals surface area (Å²) in [5, 5.41) is 11.2. The summed E-state index contributed by atoms with van der Waals surface area (Å²) in [6.07, 6.45) is 0. The first-order valence-corrected chi connectivity index (χ1v) is 9.30. The van der Waals surface area contributed by atoms with Crippen molar-refractivity contribution in [3.63, 3.8) is 0 Å². The molecule has 2 aromatic carbocycles. The van der Waals surface area contributed by atoms with Gasteiger partial charge in [-0.3, -0.25) is 14.4 Å². The first kappa shape index (κ1) is 19.4. The lowest BCUT2D eigenvalue weighted by Crippen LogP contribution is -2.31. The molecule has 0 fully saturated rings. The Morgan fingerprint density at radius 1 is 1.15 bits per heavy atom. The van der Waals surface area contributed by atoms with Gasteiger partial charge in [0.1, 0.15) is 0 Å². The summed E-state index contributed by atoms with van der Waals surface area (Å²) >= 11 is 0. The van der Waals surface area contributed by atoms with Gasteiger partial charge >= 0.3 is 5.97 Å². The van der Waals surface area contributed by atoms with Crippen LogP contribution in [0, 0.1) is 10.1 Å². The summed E-state index contributed by atoms with van der Waals surface area (Å²) in [4.78, 5) is 21.9. The zero-order valence-corrected chi connectivity index (χ0v) is 15.1. The lowest BCUT2D eigenvalue weighted by Gasteiger charge is -2.23. The number of nitrogens with zero attached hydrogens (tertiary/aromatic N) is 2. The fraction of sp³-hybridized carbons (Fsp3) is 0.235. The molecule has 0 radical (unpaired) electrons. The molecule has 0 saturated heterocycles. The van der Waals surface area contributed by atoms with Crippen LogP contribution < -0.4 is 4.31 Å². The first-order chi connectivity index (χ1) is 12.3. The van der Waals surface area contributed by atoms with Gasteiger partial charge in [-0.2, -0.15) is 0 Å². The van der Waals surface area contributed by atoms with Crippen LogP contribution in [0.25, 0.3) is 0 Å². The van der Waals surface area contributed by atoms with Gasteiger partial charge in [0.2, 0.25) is 0 Å². The monoisotopic (exact) mass is 378 g/mol. The smallest absolute Gasteiger partial charge is 0.338 e. The van der Waals surface area contributed by atoms with Crippen LogP contribution in [0.2, 0.25) is 0 Å². The normalized spacial score (nSPS) is 11.0. The molecule has 2 aromatic rings. The minimum absolute atomic E-state index is 0.0284. The van der Waals surface area contributed by atoms with E-state index in [1.165, 1.54) is 42.5 Å². The predicted octanol–water partition coefficient (Wildman–Crippen LogP) is 2.99. The number of rotatable bonds is 7. The number of nitro groups is 1. The topological polar surface area (TPSA) is 107 Å². The van der Waals surface area contributed by atoms with E-state index in [-0.39, 0.29) is 24.4 Å². The molecule has 0 aliphatic heterocycles. The van der Waals surface area contributed by atoms with Gasteiger partial charge in [0.25, 0.3) is 15.7 Å². The van der Waals surface area contributed by atoms with Crippen LogP contribution in [-0.2, 0) is 14.8 Å². The molecule has 8 nitrogen and oxygen atoms in total. The van der Waals surface area contributed by atoms with Gasteiger partial charge in [0.15, 0.2) is 4.90 Å². The highest BCUT2D eigenvalue weighted by atomic mass is 32.2. The van der Waals surface area contributed by atoms with E-state index in [1.807, 2.05) is 0 Å². The summed E-state index contributed by atoms with van der Waals surface area (Å²) in [6, 6.07) is 11.1. The number of carbonyl (C=O) groups excluding carboxylic acids is 1. The molecule has 0 aliphatic rings. The highest BCUT2D eigenvalue weighted by molar-refractivity contribution is 7.93. The maximum atomic E-state index is 13.0. The van der Waals surface area contributed by atoms with E-state index in [1.54, 1.807) is 13.8 Å². The second-order valence-corrected chi connectivity index (χ2v) is 7.00. The van der Waals surface area contributed by atoms with Crippen LogP contribution >= 0.6 is 0 Å². The van der Waals surface area contributed by atoms with Gasteiger partial charge in [-0.1, -0.05) is 18.2 Å². The lowest BCUT2D eigenvalue weighted by molar-refractivity contribution is -0.387. The molecule has 138 valence electrons. The first-order valence-electron chi connectivity index (χ1n) is 7.86. The molecular weight excluding hydrogens is 360 g/mol. The Kier molecular flexibility index (Phi) is 5.93. The van der Waals surface area contributed by atoms with Crippen LogP contribution in [-0.4, -0.2) is 32.5 Å². The molecule has 0 aromatic heterocycles. The van der Waals surface area contributed by atoms with Crippen molar-refractivity contribution < 1.29 is 22.9 Å². The number of hydrogen-bond donors (Lipinski definition) is 0. The molecule has 0 N–H and O–H groups in total. The summed E-state index contributed by atoms with van der Waals surface area (Å²) in [6.45, 7) is 3.48. The minimum Gasteiger partial charge on any atom is -0.462 e. The van der Waals surface area contributed by atoms with Crippen molar-refractivity contribution >= 4 is 27.4 Å². The maximum Gasteiger partial charge on any atom is 0.338 e. The number of ether oxygens (including phenoxy) is 1. The third-order valence-electron chi connectivity index (χ3n) is 3.56. The summed E-state index contributed by atoms with van der Waals surface area (Å²) in [5.74, 6) is -0.575. The molecule has 0 unspecified atom stereocenters. The van der Waals surface area contributed by atoms with E-state index in [4.69, 9.17) is 4.74 Å². The van der Waals surface area contributed by atoms with Crippen LogP contribution in [0.5, 0.6) is 0 Å². The van der Waals surface area contributed by atoms with Crippen LogP contribution in [0.15, 0.2) is 53.4 Å². The van der Waals surface area contributed by atoms with E-state index in [0.717, 1.165) is 10.4 Å². The SMILES string of the molecule is CCOC(=O)c1cccc(N(CC)S(=O)(=O)c2ccccc2[N+](=O)[O-])c1. The van der Waals surface area contributed by atoms with E-state index >= 15 is 0 Å². The molecule has 0 saturated carbocycles. The second-order valence-electron chi connectivity index (χ2n) is 5.17. The zero-order chi connectivity index (χ0) is 19.3. The molecule has 0 heterocycles. The van der Waals surface area contributed by atoms with Crippen molar-refractivity contribution in [2.75, 3.05) is 17.5 Å². The molecule has 0 amide bonds. The fourth-order valence-electron chi connectivity index (χ4n) is 2.44. The molecule has 0 bridgehead atoms. The summed E-state index contributed by atoms with van der Waals surface area (Å²) in [7, 11) is -4.20. The number of sulfonamides is 1. The summed E-state index contributed by atoms with van der Waals surface area (Å²) in [5.41, 5.74) is -0.0933. The highest BCUT2D eigenvalue weighted by Crippen LogP contribution is 2.30. The minimum atomic E-state index is -4.20. The Bertz CT molecular complexity index is 926. The zero-order valence-electron chi connectivity index (χ0n) is 14.3. The second kappa shape index (κ2) is 7.96. The van der Waals surface area contributed by atoms with Crippen molar-refractivity contribution in [2.45, 2.75) is 18.7 Å². The number of para-hydroxylation sites is 1. The van der Waals surface area contributed by atoms with Crippen LogP contribution in [0.4, 0.5) is 11.4 Å². The van der Waals surface area contributed by atoms with Crippen molar-refractivity contribution in [1.29, 1.82) is 0 Å². The molecule has 26 heavy (non-hydrogen) atoms. The lowest BCUT2D eigenvalue weighted by atomic mass is 10.2. The molecule has 0 spiro atoms. The van der Waals surface area contributed by atoms with Crippen molar-refractivity contribution in [1.82, 2.24) is 0 Å². The molecule has 0 aliphatic carbocycles. The third kappa shape index (κ3) is 3.83. The molecule has 0 atom stereocenters. The summed E-state index contributed by atoms with van der Waals surface area (Å²) < 4.78 is 31.9. The van der Waals surface area contributed by atoms with Crippen LogP contribution in [0.1, 0.15) is 24.2 Å². The van der Waals surface area contributed by atoms with Crippen molar-refractivity contribution in [2.24, 2.45) is 0 Å². The standard InChI is InChI=1S/C17H18N2O6S/c1-3-18(14-9-7-8-13(12-14)17(20)25-4-2)26(23,24)16-11-6-5-10-15(16)19(21)22/h5-12H,3-4H2,1-2H3. The van der Waals surface area contributed by atoms with E-state index in [2.05, 4.69) is 0 Å². The number of carbonyl (C=O) groups is 1. The van der Waals surface area contributed by atoms with Gasteiger partial charge < -0.3 is 4.74 Å². The fourth-order valence-corrected chi connectivity index (χ4v) is 4.06. The van der Waals surface area contributed by atoms with E-state index in [9.17, 15) is 23.3 Å².